The zero-order valence-corrected chi connectivity index (χ0v) is 12.3. The number of pyridine rings is 1. The summed E-state index contributed by atoms with van der Waals surface area (Å²) in [5, 5.41) is 4.09. The molecule has 6 heteroatoms. The lowest BCUT2D eigenvalue weighted by molar-refractivity contribution is 0.0561. The van der Waals surface area contributed by atoms with E-state index in [0.29, 0.717) is 17.4 Å². The highest BCUT2D eigenvalue weighted by molar-refractivity contribution is 5.94. The summed E-state index contributed by atoms with van der Waals surface area (Å²) in [5.74, 6) is 1.87. The zero-order valence-electron chi connectivity index (χ0n) is 12.3. The number of carbonyl (C=O) groups excluding carboxylic acids is 1. The van der Waals surface area contributed by atoms with E-state index >= 15 is 0 Å². The van der Waals surface area contributed by atoms with Gasteiger partial charge in [0.1, 0.15) is 6.04 Å². The smallest absolute Gasteiger partial charge is 0.254 e. The third-order valence-electron chi connectivity index (χ3n) is 4.38. The van der Waals surface area contributed by atoms with Crippen LogP contribution >= 0.6 is 0 Å². The van der Waals surface area contributed by atoms with Crippen LogP contribution in [0.2, 0.25) is 0 Å². The molecule has 1 aliphatic heterocycles. The van der Waals surface area contributed by atoms with Gasteiger partial charge in [-0.2, -0.15) is 4.98 Å². The van der Waals surface area contributed by atoms with Crippen molar-refractivity contribution in [1.29, 1.82) is 0 Å². The van der Waals surface area contributed by atoms with Crippen molar-refractivity contribution in [3.8, 4) is 0 Å². The second-order valence-electron chi connectivity index (χ2n) is 6.01. The Morgan fingerprint density at radius 3 is 2.77 bits per heavy atom. The lowest BCUT2D eigenvalue weighted by atomic mass is 10.0. The van der Waals surface area contributed by atoms with Gasteiger partial charge in [0.15, 0.2) is 5.82 Å². The Kier molecular flexibility index (Phi) is 3.36. The molecule has 4 rings (SSSR count). The number of hydrogen-bond donors (Lipinski definition) is 0. The number of nitrogens with zero attached hydrogens (tertiary/aromatic N) is 4. The quantitative estimate of drug-likeness (QED) is 0.871. The van der Waals surface area contributed by atoms with Gasteiger partial charge >= 0.3 is 0 Å². The maximum Gasteiger partial charge on any atom is 0.254 e. The minimum atomic E-state index is -0.102. The number of likely N-dealkylation sites (tertiary alicyclic amines) is 1. The number of rotatable bonds is 3. The first-order valence-corrected chi connectivity index (χ1v) is 7.87. The van der Waals surface area contributed by atoms with Crippen molar-refractivity contribution < 1.29 is 9.32 Å². The summed E-state index contributed by atoms with van der Waals surface area (Å²) in [6, 6.07) is 3.39. The Balaban J connectivity index is 1.59. The van der Waals surface area contributed by atoms with E-state index in [-0.39, 0.29) is 11.9 Å². The van der Waals surface area contributed by atoms with Gasteiger partial charge in [0, 0.05) is 30.4 Å². The predicted octanol–water partition coefficient (Wildman–Crippen LogP) is 2.71. The monoisotopic (exact) mass is 298 g/mol. The molecular weight excluding hydrogens is 280 g/mol. The molecular formula is C16H18N4O2. The maximum atomic E-state index is 12.7. The third-order valence-corrected chi connectivity index (χ3v) is 4.38. The van der Waals surface area contributed by atoms with E-state index in [9.17, 15) is 4.79 Å². The standard InChI is InChI=1S/C16H18N4O2/c21-16(12-6-8-17-9-7-12)20-10-2-1-3-13(20)15-18-14(19-22-15)11-4-5-11/h6-9,11,13H,1-5,10H2. The van der Waals surface area contributed by atoms with Crippen molar-refractivity contribution in [3.05, 3.63) is 41.8 Å². The molecule has 1 saturated carbocycles. The van der Waals surface area contributed by atoms with Crippen LogP contribution in [0, 0.1) is 0 Å². The Hall–Kier alpha value is -2.24. The fourth-order valence-corrected chi connectivity index (χ4v) is 2.98. The third kappa shape index (κ3) is 2.49. The molecule has 0 spiro atoms. The maximum absolute atomic E-state index is 12.7. The first-order valence-electron chi connectivity index (χ1n) is 7.87. The van der Waals surface area contributed by atoms with Crippen LogP contribution in [-0.4, -0.2) is 32.5 Å². The van der Waals surface area contributed by atoms with Gasteiger partial charge in [-0.3, -0.25) is 9.78 Å². The van der Waals surface area contributed by atoms with Gasteiger partial charge in [0.25, 0.3) is 5.91 Å². The summed E-state index contributed by atoms with van der Waals surface area (Å²) in [6.45, 7) is 0.729. The molecule has 0 bridgehead atoms. The summed E-state index contributed by atoms with van der Waals surface area (Å²) < 4.78 is 5.45. The molecule has 1 unspecified atom stereocenters. The molecule has 2 aromatic heterocycles. The summed E-state index contributed by atoms with van der Waals surface area (Å²) in [5.41, 5.74) is 0.656. The first-order chi connectivity index (χ1) is 10.8. The molecule has 3 heterocycles. The topological polar surface area (TPSA) is 72.1 Å². The molecule has 0 aromatic carbocycles. The van der Waals surface area contributed by atoms with Gasteiger partial charge in [-0.1, -0.05) is 5.16 Å². The van der Waals surface area contributed by atoms with Crippen molar-refractivity contribution in [1.82, 2.24) is 20.0 Å². The van der Waals surface area contributed by atoms with E-state index in [2.05, 4.69) is 15.1 Å². The highest BCUT2D eigenvalue weighted by Gasteiger charge is 2.35. The summed E-state index contributed by atoms with van der Waals surface area (Å²) in [4.78, 5) is 23.1. The van der Waals surface area contributed by atoms with Crippen LogP contribution in [0.15, 0.2) is 29.0 Å². The van der Waals surface area contributed by atoms with Crippen molar-refractivity contribution in [2.24, 2.45) is 0 Å². The molecule has 1 atom stereocenters. The van der Waals surface area contributed by atoms with Gasteiger partial charge in [0.05, 0.1) is 0 Å². The molecule has 6 nitrogen and oxygen atoms in total. The Morgan fingerprint density at radius 2 is 2.00 bits per heavy atom. The van der Waals surface area contributed by atoms with E-state index in [1.807, 2.05) is 4.90 Å². The van der Waals surface area contributed by atoms with E-state index < -0.39 is 0 Å². The average Bonchev–Trinajstić information content (AvgIpc) is 3.32. The van der Waals surface area contributed by atoms with E-state index in [4.69, 9.17) is 4.52 Å². The molecule has 114 valence electrons. The predicted molar refractivity (Wildman–Crippen MR) is 78.1 cm³/mol. The van der Waals surface area contributed by atoms with Gasteiger partial charge in [-0.25, -0.2) is 0 Å². The van der Waals surface area contributed by atoms with Crippen LogP contribution in [0.25, 0.3) is 0 Å². The lowest BCUT2D eigenvalue weighted by Crippen LogP contribution is -2.38. The van der Waals surface area contributed by atoms with Crippen LogP contribution in [-0.2, 0) is 0 Å². The van der Waals surface area contributed by atoms with E-state index in [1.165, 1.54) is 0 Å². The Labute approximate surface area is 128 Å². The van der Waals surface area contributed by atoms with Crippen molar-refractivity contribution in [3.63, 3.8) is 0 Å². The lowest BCUT2D eigenvalue weighted by Gasteiger charge is -2.33. The van der Waals surface area contributed by atoms with Crippen LogP contribution in [0.4, 0.5) is 0 Å². The minimum Gasteiger partial charge on any atom is -0.337 e. The normalized spacial score (nSPS) is 21.8. The molecule has 22 heavy (non-hydrogen) atoms. The fraction of sp³-hybridized carbons (Fsp3) is 0.500. The highest BCUT2D eigenvalue weighted by Crippen LogP contribution is 2.39. The van der Waals surface area contributed by atoms with Crippen molar-refractivity contribution >= 4 is 5.91 Å². The second-order valence-corrected chi connectivity index (χ2v) is 6.01. The van der Waals surface area contributed by atoms with Gasteiger partial charge in [-0.05, 0) is 44.2 Å². The molecule has 1 amide bonds. The average molecular weight is 298 g/mol. The zero-order chi connectivity index (χ0) is 14.9. The number of hydrogen-bond acceptors (Lipinski definition) is 5. The van der Waals surface area contributed by atoms with Crippen molar-refractivity contribution in [2.75, 3.05) is 6.54 Å². The van der Waals surface area contributed by atoms with Gasteiger partial charge < -0.3 is 9.42 Å². The van der Waals surface area contributed by atoms with E-state index in [1.54, 1.807) is 24.5 Å². The number of piperidine rings is 1. The highest BCUT2D eigenvalue weighted by atomic mass is 16.5. The molecule has 2 aliphatic rings. The Morgan fingerprint density at radius 1 is 1.18 bits per heavy atom. The summed E-state index contributed by atoms with van der Waals surface area (Å²) in [6.07, 6.45) is 8.53. The number of carbonyl (C=O) groups is 1. The van der Waals surface area contributed by atoms with Crippen LogP contribution in [0.5, 0.6) is 0 Å². The fourth-order valence-electron chi connectivity index (χ4n) is 2.98. The summed E-state index contributed by atoms with van der Waals surface area (Å²) >= 11 is 0. The van der Waals surface area contributed by atoms with E-state index in [0.717, 1.165) is 44.5 Å². The second kappa shape index (κ2) is 5.51. The minimum absolute atomic E-state index is 0.0123. The van der Waals surface area contributed by atoms with Gasteiger partial charge in [0.2, 0.25) is 5.89 Å². The molecule has 1 aliphatic carbocycles. The van der Waals surface area contributed by atoms with Crippen LogP contribution in [0.1, 0.15) is 66.1 Å². The van der Waals surface area contributed by atoms with Crippen LogP contribution < -0.4 is 0 Å². The summed E-state index contributed by atoms with van der Waals surface area (Å²) in [7, 11) is 0. The van der Waals surface area contributed by atoms with Gasteiger partial charge in [-0.15, -0.1) is 0 Å². The van der Waals surface area contributed by atoms with Crippen molar-refractivity contribution in [2.45, 2.75) is 44.1 Å². The molecule has 0 N–H and O–H groups in total. The Bertz CT molecular complexity index is 666. The number of aromatic nitrogens is 3. The molecule has 0 radical (unpaired) electrons. The SMILES string of the molecule is O=C(c1ccncc1)N1CCCCC1c1nc(C2CC2)no1. The first kappa shape index (κ1) is 13.4. The van der Waals surface area contributed by atoms with Crippen LogP contribution in [0.3, 0.4) is 0 Å². The molecule has 2 fully saturated rings. The molecule has 2 aromatic rings. The largest absolute Gasteiger partial charge is 0.337 e. The molecule has 1 saturated heterocycles. The number of amides is 1.